The molecule has 6 nitrogen and oxygen atoms in total. The van der Waals surface area contributed by atoms with Crippen molar-refractivity contribution in [3.8, 4) is 0 Å². The van der Waals surface area contributed by atoms with Crippen molar-refractivity contribution in [2.45, 2.75) is 19.4 Å². The van der Waals surface area contributed by atoms with Gasteiger partial charge in [0.05, 0.1) is 6.42 Å². The Balaban J connectivity index is 2.73. The standard InChI is InChI=1S/C14H15BrN2O4/c1-8-2-3-9(10(15)6-8)4-5-13(19)17-11(14(20)21)7-12(16)18/h2-6,11H,7H2,1H3,(H2,16,18)(H,17,19)(H,20,21)/b5-4+. The van der Waals surface area contributed by atoms with Crippen molar-refractivity contribution >= 4 is 39.8 Å². The van der Waals surface area contributed by atoms with Crippen LogP contribution in [0.4, 0.5) is 0 Å². The van der Waals surface area contributed by atoms with Gasteiger partial charge in [0.15, 0.2) is 0 Å². The summed E-state index contributed by atoms with van der Waals surface area (Å²) in [5.74, 6) is -2.73. The predicted octanol–water partition coefficient (Wildman–Crippen LogP) is 1.22. The maximum absolute atomic E-state index is 11.7. The van der Waals surface area contributed by atoms with Crippen LogP contribution in [0.25, 0.3) is 6.08 Å². The van der Waals surface area contributed by atoms with Crippen LogP contribution >= 0.6 is 15.9 Å². The molecule has 0 radical (unpaired) electrons. The first kappa shape index (κ1) is 16.9. The van der Waals surface area contributed by atoms with E-state index in [9.17, 15) is 14.4 Å². The lowest BCUT2D eigenvalue weighted by Gasteiger charge is -2.10. The van der Waals surface area contributed by atoms with Gasteiger partial charge in [0.25, 0.3) is 0 Å². The van der Waals surface area contributed by atoms with E-state index in [0.717, 1.165) is 15.6 Å². The fourth-order valence-electron chi connectivity index (χ4n) is 1.55. The molecule has 0 aromatic heterocycles. The van der Waals surface area contributed by atoms with Gasteiger partial charge in [-0.15, -0.1) is 0 Å². The number of benzene rings is 1. The van der Waals surface area contributed by atoms with Crippen LogP contribution in [0.15, 0.2) is 28.7 Å². The molecule has 1 rings (SSSR count). The third-order valence-corrected chi connectivity index (χ3v) is 3.28. The van der Waals surface area contributed by atoms with Gasteiger partial charge in [-0.25, -0.2) is 4.79 Å². The minimum atomic E-state index is -1.33. The van der Waals surface area contributed by atoms with Crippen molar-refractivity contribution in [3.05, 3.63) is 39.9 Å². The Morgan fingerprint density at radius 3 is 2.62 bits per heavy atom. The lowest BCUT2D eigenvalue weighted by molar-refractivity contribution is -0.142. The van der Waals surface area contributed by atoms with Crippen molar-refractivity contribution in [2.75, 3.05) is 0 Å². The first-order valence-corrected chi connectivity index (χ1v) is 6.84. The number of carbonyl (C=O) groups excluding carboxylic acids is 2. The lowest BCUT2D eigenvalue weighted by Crippen LogP contribution is -2.42. The Morgan fingerprint density at radius 1 is 1.43 bits per heavy atom. The fraction of sp³-hybridized carbons (Fsp3) is 0.214. The predicted molar refractivity (Wildman–Crippen MR) is 81.3 cm³/mol. The Bertz CT molecular complexity index is 599. The van der Waals surface area contributed by atoms with Gasteiger partial charge in [0.1, 0.15) is 6.04 Å². The lowest BCUT2D eigenvalue weighted by atomic mass is 10.1. The minimum absolute atomic E-state index is 0.455. The fourth-order valence-corrected chi connectivity index (χ4v) is 2.18. The normalized spacial score (nSPS) is 12.1. The topological polar surface area (TPSA) is 109 Å². The Kier molecular flexibility index (Phi) is 6.10. The van der Waals surface area contributed by atoms with E-state index in [1.54, 1.807) is 6.08 Å². The molecular weight excluding hydrogens is 340 g/mol. The second-order valence-corrected chi connectivity index (χ2v) is 5.28. The maximum atomic E-state index is 11.7. The number of nitrogens with one attached hydrogen (secondary N) is 1. The van der Waals surface area contributed by atoms with Gasteiger partial charge in [0, 0.05) is 10.5 Å². The van der Waals surface area contributed by atoms with Crippen LogP contribution in [-0.4, -0.2) is 28.9 Å². The summed E-state index contributed by atoms with van der Waals surface area (Å²) in [4.78, 5) is 33.3. The molecule has 4 N–H and O–H groups in total. The molecule has 0 saturated heterocycles. The van der Waals surface area contributed by atoms with Crippen LogP contribution in [0.5, 0.6) is 0 Å². The summed E-state index contributed by atoms with van der Waals surface area (Å²) in [7, 11) is 0. The number of primary amides is 1. The summed E-state index contributed by atoms with van der Waals surface area (Å²) >= 11 is 3.37. The van der Waals surface area contributed by atoms with Crippen molar-refractivity contribution in [1.82, 2.24) is 5.32 Å². The van der Waals surface area contributed by atoms with Crippen molar-refractivity contribution in [2.24, 2.45) is 5.73 Å². The number of carboxylic acids is 1. The zero-order valence-electron chi connectivity index (χ0n) is 11.3. The summed E-state index contributed by atoms with van der Waals surface area (Å²) in [6.45, 7) is 1.94. The number of carbonyl (C=O) groups is 3. The molecule has 1 aromatic carbocycles. The van der Waals surface area contributed by atoms with E-state index in [-0.39, 0.29) is 0 Å². The summed E-state index contributed by atoms with van der Waals surface area (Å²) in [5.41, 5.74) is 6.77. The van der Waals surface area contributed by atoms with Crippen LogP contribution in [0.2, 0.25) is 0 Å². The molecule has 0 aliphatic carbocycles. The monoisotopic (exact) mass is 354 g/mol. The zero-order chi connectivity index (χ0) is 16.0. The molecule has 112 valence electrons. The largest absolute Gasteiger partial charge is 0.480 e. The molecule has 1 unspecified atom stereocenters. The van der Waals surface area contributed by atoms with Gasteiger partial charge in [-0.2, -0.15) is 0 Å². The average molecular weight is 355 g/mol. The SMILES string of the molecule is Cc1ccc(/C=C/C(=O)NC(CC(N)=O)C(=O)O)c(Br)c1. The highest BCUT2D eigenvalue weighted by atomic mass is 79.9. The molecule has 2 amide bonds. The van der Waals surface area contributed by atoms with E-state index >= 15 is 0 Å². The Hall–Kier alpha value is -2.15. The number of aliphatic carboxylic acids is 1. The van der Waals surface area contributed by atoms with Crippen molar-refractivity contribution in [3.63, 3.8) is 0 Å². The summed E-state index contributed by atoms with van der Waals surface area (Å²) < 4.78 is 0.818. The molecule has 0 saturated carbocycles. The summed E-state index contributed by atoms with van der Waals surface area (Å²) in [6.07, 6.45) is 2.29. The average Bonchev–Trinajstić information content (AvgIpc) is 2.36. The van der Waals surface area contributed by atoms with Gasteiger partial charge >= 0.3 is 5.97 Å². The van der Waals surface area contributed by atoms with E-state index < -0.39 is 30.2 Å². The number of hydrogen-bond donors (Lipinski definition) is 3. The first-order valence-electron chi connectivity index (χ1n) is 6.05. The van der Waals surface area contributed by atoms with Gasteiger partial charge in [0.2, 0.25) is 11.8 Å². The highest BCUT2D eigenvalue weighted by Gasteiger charge is 2.20. The number of carboxylic acid groups (broad SMARTS) is 1. The number of hydrogen-bond acceptors (Lipinski definition) is 3. The van der Waals surface area contributed by atoms with E-state index in [4.69, 9.17) is 10.8 Å². The number of halogens is 1. The third-order valence-electron chi connectivity index (χ3n) is 2.59. The van der Waals surface area contributed by atoms with E-state index in [0.29, 0.717) is 0 Å². The highest BCUT2D eigenvalue weighted by Crippen LogP contribution is 2.19. The minimum Gasteiger partial charge on any atom is -0.480 e. The van der Waals surface area contributed by atoms with Crippen LogP contribution in [-0.2, 0) is 14.4 Å². The second-order valence-electron chi connectivity index (χ2n) is 4.43. The number of nitrogens with two attached hydrogens (primary N) is 1. The smallest absolute Gasteiger partial charge is 0.326 e. The van der Waals surface area contributed by atoms with Crippen LogP contribution < -0.4 is 11.1 Å². The quantitative estimate of drug-likeness (QED) is 0.667. The number of amides is 2. The van der Waals surface area contributed by atoms with Gasteiger partial charge in [-0.05, 0) is 30.2 Å². The third kappa shape index (κ3) is 5.78. The maximum Gasteiger partial charge on any atom is 0.326 e. The molecule has 0 fully saturated rings. The van der Waals surface area contributed by atoms with Gasteiger partial charge < -0.3 is 16.2 Å². The molecule has 0 aliphatic rings. The summed E-state index contributed by atoms with van der Waals surface area (Å²) in [6, 6.07) is 4.27. The van der Waals surface area contributed by atoms with E-state index in [1.165, 1.54) is 6.08 Å². The van der Waals surface area contributed by atoms with Gasteiger partial charge in [-0.1, -0.05) is 28.1 Å². The molecular formula is C14H15BrN2O4. The van der Waals surface area contributed by atoms with Crippen LogP contribution in [0.3, 0.4) is 0 Å². The van der Waals surface area contributed by atoms with Crippen LogP contribution in [0, 0.1) is 6.92 Å². The van der Waals surface area contributed by atoms with E-state index in [1.807, 2.05) is 25.1 Å². The number of rotatable bonds is 6. The molecule has 7 heteroatoms. The van der Waals surface area contributed by atoms with Crippen molar-refractivity contribution < 1.29 is 19.5 Å². The molecule has 1 aromatic rings. The highest BCUT2D eigenvalue weighted by molar-refractivity contribution is 9.10. The molecule has 21 heavy (non-hydrogen) atoms. The first-order chi connectivity index (χ1) is 9.79. The zero-order valence-corrected chi connectivity index (χ0v) is 12.9. The number of aryl methyl sites for hydroxylation is 1. The summed E-state index contributed by atoms with van der Waals surface area (Å²) in [5, 5.41) is 11.1. The molecule has 0 bridgehead atoms. The van der Waals surface area contributed by atoms with Crippen molar-refractivity contribution in [1.29, 1.82) is 0 Å². The van der Waals surface area contributed by atoms with Crippen LogP contribution in [0.1, 0.15) is 17.5 Å². The molecule has 0 spiro atoms. The Morgan fingerprint density at radius 2 is 2.10 bits per heavy atom. The second kappa shape index (κ2) is 7.58. The molecule has 0 aliphatic heterocycles. The molecule has 0 heterocycles. The van der Waals surface area contributed by atoms with E-state index in [2.05, 4.69) is 21.2 Å². The molecule has 1 atom stereocenters. The van der Waals surface area contributed by atoms with Gasteiger partial charge in [-0.3, -0.25) is 9.59 Å². The Labute approximate surface area is 130 Å².